The minimum Gasteiger partial charge on any atom is -0.398 e. The minimum atomic E-state index is 0.911. The molecule has 0 radical (unpaired) electrons. The molecule has 19 heavy (non-hydrogen) atoms. The van der Waals surface area contributed by atoms with Crippen LogP contribution in [0.2, 0.25) is 0 Å². The summed E-state index contributed by atoms with van der Waals surface area (Å²) in [6.07, 6.45) is 0.972. The summed E-state index contributed by atoms with van der Waals surface area (Å²) >= 11 is 0. The van der Waals surface area contributed by atoms with E-state index in [-0.39, 0.29) is 0 Å². The van der Waals surface area contributed by atoms with E-state index >= 15 is 0 Å². The third-order valence-electron chi connectivity index (χ3n) is 4.15. The Balaban J connectivity index is 2.39. The van der Waals surface area contributed by atoms with Crippen molar-refractivity contribution < 1.29 is 0 Å². The van der Waals surface area contributed by atoms with Gasteiger partial charge in [0.25, 0.3) is 0 Å². The molecular formula is C18H15N. The van der Waals surface area contributed by atoms with Gasteiger partial charge >= 0.3 is 0 Å². The summed E-state index contributed by atoms with van der Waals surface area (Å²) in [6, 6.07) is 17.4. The quantitative estimate of drug-likeness (QED) is 0.381. The molecule has 0 saturated heterocycles. The zero-order chi connectivity index (χ0) is 13.0. The first-order chi connectivity index (χ1) is 9.29. The third kappa shape index (κ3) is 1.30. The van der Waals surface area contributed by atoms with Crippen LogP contribution in [0, 0.1) is 0 Å². The lowest BCUT2D eigenvalue weighted by Gasteiger charge is -2.15. The molecule has 0 aliphatic heterocycles. The number of anilines is 1. The number of nitrogen functional groups attached to an aromatic ring is 1. The summed E-state index contributed by atoms with van der Waals surface area (Å²) in [7, 11) is 0. The number of nitrogens with two attached hydrogens (primary N) is 1. The van der Waals surface area contributed by atoms with Crippen LogP contribution < -0.4 is 5.73 Å². The van der Waals surface area contributed by atoms with E-state index in [0.29, 0.717) is 0 Å². The summed E-state index contributed by atoms with van der Waals surface area (Å²) in [5.74, 6) is 0. The fraction of sp³-hybridized carbons (Fsp3) is 0.111. The van der Waals surface area contributed by atoms with Gasteiger partial charge in [0.1, 0.15) is 0 Å². The zero-order valence-corrected chi connectivity index (χ0v) is 10.9. The van der Waals surface area contributed by atoms with Gasteiger partial charge in [0.05, 0.1) is 0 Å². The molecule has 0 amide bonds. The molecule has 4 aromatic rings. The number of hydrogen-bond donors (Lipinski definition) is 1. The molecule has 1 nitrogen and oxygen atoms in total. The highest BCUT2D eigenvalue weighted by molar-refractivity contribution is 6.24. The molecule has 1 heteroatoms. The first-order valence-electron chi connectivity index (χ1n) is 6.74. The van der Waals surface area contributed by atoms with Crippen molar-refractivity contribution in [2.24, 2.45) is 0 Å². The first-order valence-corrected chi connectivity index (χ1v) is 6.74. The highest BCUT2D eigenvalue weighted by atomic mass is 14.6. The lowest BCUT2D eigenvalue weighted by Crippen LogP contribution is -1.96. The summed E-state index contributed by atoms with van der Waals surface area (Å²) in [4.78, 5) is 0. The Hall–Kier alpha value is -2.28. The Labute approximate surface area is 112 Å². The van der Waals surface area contributed by atoms with Gasteiger partial charge in [-0.3, -0.25) is 0 Å². The largest absolute Gasteiger partial charge is 0.398 e. The highest BCUT2D eigenvalue weighted by Crippen LogP contribution is 2.38. The van der Waals surface area contributed by atoms with Crippen molar-refractivity contribution in [3.63, 3.8) is 0 Å². The van der Waals surface area contributed by atoms with E-state index in [1.165, 1.54) is 37.9 Å². The average molecular weight is 245 g/mol. The van der Waals surface area contributed by atoms with Crippen LogP contribution in [0.4, 0.5) is 5.69 Å². The van der Waals surface area contributed by atoms with Crippen molar-refractivity contribution >= 4 is 38.0 Å². The molecule has 0 unspecified atom stereocenters. The van der Waals surface area contributed by atoms with Gasteiger partial charge in [-0.15, -0.1) is 0 Å². The molecule has 0 aromatic heterocycles. The summed E-state index contributed by atoms with van der Waals surface area (Å²) in [5.41, 5.74) is 8.38. The van der Waals surface area contributed by atoms with E-state index in [2.05, 4.69) is 55.5 Å². The van der Waals surface area contributed by atoms with Crippen LogP contribution in [-0.4, -0.2) is 0 Å². The van der Waals surface area contributed by atoms with E-state index in [1.807, 2.05) is 0 Å². The van der Waals surface area contributed by atoms with Crippen molar-refractivity contribution in [3.8, 4) is 0 Å². The van der Waals surface area contributed by atoms with Gasteiger partial charge in [-0.2, -0.15) is 0 Å². The predicted octanol–water partition coefficient (Wildman–Crippen LogP) is 4.73. The second-order valence-electron chi connectivity index (χ2n) is 5.15. The Morgan fingerprint density at radius 3 is 2.26 bits per heavy atom. The molecule has 0 aliphatic carbocycles. The van der Waals surface area contributed by atoms with Crippen molar-refractivity contribution in [1.29, 1.82) is 0 Å². The van der Waals surface area contributed by atoms with Gasteiger partial charge in [-0.05, 0) is 50.4 Å². The van der Waals surface area contributed by atoms with Crippen LogP contribution in [0.1, 0.15) is 12.5 Å². The van der Waals surface area contributed by atoms with Crippen LogP contribution >= 0.6 is 0 Å². The normalized spacial score (nSPS) is 11.8. The molecule has 0 fully saturated rings. The molecule has 4 aromatic carbocycles. The molecule has 0 heterocycles. The molecular weight excluding hydrogens is 230 g/mol. The van der Waals surface area contributed by atoms with Crippen LogP contribution in [0.25, 0.3) is 32.3 Å². The van der Waals surface area contributed by atoms with Gasteiger partial charge in [0, 0.05) is 5.69 Å². The molecule has 0 bridgehead atoms. The van der Waals surface area contributed by atoms with Gasteiger partial charge in [0.15, 0.2) is 0 Å². The third-order valence-corrected chi connectivity index (χ3v) is 4.15. The maximum absolute atomic E-state index is 6.20. The Morgan fingerprint density at radius 1 is 0.842 bits per heavy atom. The Morgan fingerprint density at radius 2 is 1.53 bits per heavy atom. The van der Waals surface area contributed by atoms with Crippen molar-refractivity contribution in [2.75, 3.05) is 5.73 Å². The second kappa shape index (κ2) is 3.61. The number of benzene rings is 4. The molecule has 0 saturated carbocycles. The maximum atomic E-state index is 6.20. The predicted molar refractivity (Wildman–Crippen MR) is 83.9 cm³/mol. The molecule has 2 N–H and O–H groups in total. The summed E-state index contributed by atoms with van der Waals surface area (Å²) in [5, 5.41) is 7.90. The molecule has 0 spiro atoms. The van der Waals surface area contributed by atoms with E-state index in [0.717, 1.165) is 12.1 Å². The molecule has 4 rings (SSSR count). The zero-order valence-electron chi connectivity index (χ0n) is 10.9. The fourth-order valence-corrected chi connectivity index (χ4v) is 3.29. The second-order valence-corrected chi connectivity index (χ2v) is 5.15. The lowest BCUT2D eigenvalue weighted by molar-refractivity contribution is 1.17. The van der Waals surface area contributed by atoms with Crippen LogP contribution in [-0.2, 0) is 6.42 Å². The van der Waals surface area contributed by atoms with Gasteiger partial charge in [-0.25, -0.2) is 0 Å². The number of rotatable bonds is 1. The average Bonchev–Trinajstić information content (AvgIpc) is 2.44. The summed E-state index contributed by atoms with van der Waals surface area (Å²) in [6.45, 7) is 2.17. The van der Waals surface area contributed by atoms with Gasteiger partial charge < -0.3 is 5.73 Å². The highest BCUT2D eigenvalue weighted by Gasteiger charge is 2.11. The lowest BCUT2D eigenvalue weighted by atomic mass is 9.90. The Bertz CT molecular complexity index is 890. The maximum Gasteiger partial charge on any atom is 0.0358 e. The van der Waals surface area contributed by atoms with Crippen molar-refractivity contribution in [2.45, 2.75) is 13.3 Å². The van der Waals surface area contributed by atoms with Crippen molar-refractivity contribution in [1.82, 2.24) is 0 Å². The van der Waals surface area contributed by atoms with Gasteiger partial charge in [-0.1, -0.05) is 49.4 Å². The molecule has 92 valence electrons. The monoisotopic (exact) mass is 245 g/mol. The summed E-state index contributed by atoms with van der Waals surface area (Å²) < 4.78 is 0. The molecule has 0 atom stereocenters. The standard InChI is InChI=1S/C18H15N/c1-2-14-15-9-8-12-5-3-4-11-6-7-13(10-16(14)19)18(15)17(11)12/h3-10H,2,19H2,1H3. The first kappa shape index (κ1) is 10.6. The van der Waals surface area contributed by atoms with Crippen molar-refractivity contribution in [3.05, 3.63) is 54.1 Å². The van der Waals surface area contributed by atoms with Gasteiger partial charge in [0.2, 0.25) is 0 Å². The van der Waals surface area contributed by atoms with Crippen LogP contribution in [0.15, 0.2) is 48.5 Å². The number of aryl methyl sites for hydroxylation is 1. The minimum absolute atomic E-state index is 0.911. The van der Waals surface area contributed by atoms with Crippen LogP contribution in [0.3, 0.4) is 0 Å². The van der Waals surface area contributed by atoms with E-state index in [9.17, 15) is 0 Å². The number of hydrogen-bond acceptors (Lipinski definition) is 1. The Kier molecular flexibility index (Phi) is 2.02. The fourth-order valence-electron chi connectivity index (χ4n) is 3.29. The van der Waals surface area contributed by atoms with E-state index in [4.69, 9.17) is 5.73 Å². The van der Waals surface area contributed by atoms with E-state index in [1.54, 1.807) is 0 Å². The smallest absolute Gasteiger partial charge is 0.0358 e. The van der Waals surface area contributed by atoms with Crippen LogP contribution in [0.5, 0.6) is 0 Å². The SMILES string of the molecule is CCc1c(N)cc2ccc3cccc4ccc1c2c34. The van der Waals surface area contributed by atoms with E-state index < -0.39 is 0 Å². The molecule has 0 aliphatic rings. The topological polar surface area (TPSA) is 26.0 Å².